The van der Waals surface area contributed by atoms with Gasteiger partial charge in [0, 0.05) is 12.8 Å². The second-order valence-electron chi connectivity index (χ2n) is 11.3. The zero-order chi connectivity index (χ0) is 32.0. The van der Waals surface area contributed by atoms with Crippen LogP contribution in [0.25, 0.3) is 0 Å². The van der Waals surface area contributed by atoms with Gasteiger partial charge in [-0.05, 0) is 25.7 Å². The molecule has 0 heterocycles. The Bertz CT molecular complexity index is 733. The number of carbonyl (C=O) groups excluding carboxylic acids is 2. The van der Waals surface area contributed by atoms with E-state index < -0.39 is 51.8 Å². The van der Waals surface area contributed by atoms with Gasteiger partial charge in [-0.25, -0.2) is 4.57 Å². The maximum Gasteiger partial charge on any atom is 0.472 e. The summed E-state index contributed by atoms with van der Waals surface area (Å²) in [5.41, 5.74) is 0. The Kier molecular flexibility index (Phi) is 28.5. The van der Waals surface area contributed by atoms with Crippen molar-refractivity contribution in [1.29, 1.82) is 0 Å². The highest BCUT2D eigenvalue weighted by Crippen LogP contribution is 2.43. The number of phosphoric acid groups is 1. The van der Waals surface area contributed by atoms with Crippen LogP contribution in [0.5, 0.6) is 0 Å². The van der Waals surface area contributed by atoms with Gasteiger partial charge in [0.15, 0.2) is 6.10 Å². The molecule has 3 N–H and O–H groups in total. The maximum absolute atomic E-state index is 12.4. The lowest BCUT2D eigenvalue weighted by Gasteiger charge is -2.20. The van der Waals surface area contributed by atoms with Crippen LogP contribution in [0.3, 0.4) is 0 Å². The normalized spacial score (nSPS) is 14.1. The lowest BCUT2D eigenvalue weighted by molar-refractivity contribution is -0.161. The Hall–Kier alpha value is -1.29. The predicted molar refractivity (Wildman–Crippen MR) is 168 cm³/mol. The van der Waals surface area contributed by atoms with Gasteiger partial charge in [0.2, 0.25) is 0 Å². The molecular formula is C32H61O10P. The molecule has 3 atom stereocenters. The highest BCUT2D eigenvalue weighted by atomic mass is 31.2. The summed E-state index contributed by atoms with van der Waals surface area (Å²) in [5.74, 6) is -0.940. The minimum Gasteiger partial charge on any atom is -0.462 e. The molecule has 0 saturated heterocycles. The van der Waals surface area contributed by atoms with E-state index in [9.17, 15) is 24.2 Å². The van der Waals surface area contributed by atoms with Crippen molar-refractivity contribution in [2.75, 3.05) is 26.4 Å². The van der Waals surface area contributed by atoms with E-state index in [1.54, 1.807) is 0 Å². The number of allylic oxidation sites excluding steroid dienone is 1. The largest absolute Gasteiger partial charge is 0.472 e. The number of aliphatic hydroxyl groups is 2. The van der Waals surface area contributed by atoms with Gasteiger partial charge >= 0.3 is 19.8 Å². The third kappa shape index (κ3) is 29.2. The summed E-state index contributed by atoms with van der Waals surface area (Å²) in [4.78, 5) is 34.5. The molecular weight excluding hydrogens is 575 g/mol. The van der Waals surface area contributed by atoms with E-state index >= 15 is 0 Å². The summed E-state index contributed by atoms with van der Waals surface area (Å²) < 4.78 is 32.4. The Morgan fingerprint density at radius 1 is 0.721 bits per heavy atom. The summed E-state index contributed by atoms with van der Waals surface area (Å²) in [6, 6.07) is 0. The molecule has 0 spiro atoms. The number of phosphoric ester groups is 1. The van der Waals surface area contributed by atoms with Crippen LogP contribution in [0.1, 0.15) is 142 Å². The number of rotatable bonds is 32. The molecule has 11 heteroatoms. The number of hydrogen-bond acceptors (Lipinski definition) is 9. The third-order valence-electron chi connectivity index (χ3n) is 7.07. The van der Waals surface area contributed by atoms with Gasteiger partial charge in [0.1, 0.15) is 12.7 Å². The number of ether oxygens (including phenoxy) is 2. The molecule has 0 amide bonds. The van der Waals surface area contributed by atoms with Crippen molar-refractivity contribution < 1.29 is 47.8 Å². The molecule has 1 unspecified atom stereocenters. The molecule has 0 rings (SSSR count). The first-order valence-corrected chi connectivity index (χ1v) is 18.1. The highest BCUT2D eigenvalue weighted by Gasteiger charge is 2.27. The molecule has 0 saturated carbocycles. The quantitative estimate of drug-likeness (QED) is 0.0297. The van der Waals surface area contributed by atoms with Gasteiger partial charge in [-0.15, -0.1) is 6.58 Å². The molecule has 254 valence electrons. The number of carbonyl (C=O) groups is 2. The van der Waals surface area contributed by atoms with Crippen LogP contribution in [-0.4, -0.2) is 65.7 Å². The SMILES string of the molecule is C=CCCCCCCCCCC(=O)O[C@H](COC(=O)CCCCCCCCCCCCC)COP(=O)(O)OC[C@@H](O)CO. The van der Waals surface area contributed by atoms with E-state index in [0.717, 1.165) is 57.8 Å². The van der Waals surface area contributed by atoms with E-state index in [4.69, 9.17) is 19.1 Å². The van der Waals surface area contributed by atoms with Crippen LogP contribution in [-0.2, 0) is 32.7 Å². The number of esters is 2. The van der Waals surface area contributed by atoms with E-state index in [1.807, 2.05) is 6.08 Å². The van der Waals surface area contributed by atoms with Gasteiger partial charge in [0.05, 0.1) is 19.8 Å². The van der Waals surface area contributed by atoms with E-state index in [2.05, 4.69) is 18.0 Å². The molecule has 0 radical (unpaired) electrons. The Morgan fingerprint density at radius 3 is 1.70 bits per heavy atom. The molecule has 43 heavy (non-hydrogen) atoms. The van der Waals surface area contributed by atoms with Crippen molar-refractivity contribution in [3.05, 3.63) is 12.7 Å². The minimum absolute atomic E-state index is 0.176. The average Bonchev–Trinajstić information content (AvgIpc) is 2.99. The van der Waals surface area contributed by atoms with Crippen molar-refractivity contribution in [2.24, 2.45) is 0 Å². The number of hydrogen-bond donors (Lipinski definition) is 3. The van der Waals surface area contributed by atoms with Gasteiger partial charge in [-0.1, -0.05) is 109 Å². The molecule has 0 aliphatic carbocycles. The first-order chi connectivity index (χ1) is 20.7. The molecule has 0 aromatic heterocycles. The fraction of sp³-hybridized carbons (Fsp3) is 0.875. The van der Waals surface area contributed by atoms with Crippen molar-refractivity contribution in [3.8, 4) is 0 Å². The first-order valence-electron chi connectivity index (χ1n) is 16.6. The zero-order valence-electron chi connectivity index (χ0n) is 26.8. The fourth-order valence-electron chi connectivity index (χ4n) is 4.44. The van der Waals surface area contributed by atoms with Gasteiger partial charge in [-0.2, -0.15) is 0 Å². The monoisotopic (exact) mass is 636 g/mol. The van der Waals surface area contributed by atoms with E-state index in [-0.39, 0.29) is 19.4 Å². The molecule has 0 bridgehead atoms. The molecule has 0 aromatic rings. The summed E-state index contributed by atoms with van der Waals surface area (Å²) in [5, 5.41) is 18.2. The van der Waals surface area contributed by atoms with Gasteiger partial charge < -0.3 is 24.6 Å². The standard InChI is InChI=1S/C32H61O10P/c1-3-5-7-9-11-13-14-16-17-19-21-23-31(35)39-27-30(28-41-43(37,38)40-26-29(34)25-33)42-32(36)24-22-20-18-15-12-10-8-6-4-2/h4,29-30,33-34H,2-3,5-28H2,1H3,(H,37,38)/t29-,30+/m0/s1. The average molecular weight is 637 g/mol. The van der Waals surface area contributed by atoms with Crippen LogP contribution in [0.15, 0.2) is 12.7 Å². The van der Waals surface area contributed by atoms with E-state index in [1.165, 1.54) is 51.4 Å². The Morgan fingerprint density at radius 2 is 1.19 bits per heavy atom. The predicted octanol–water partition coefficient (Wildman–Crippen LogP) is 7.33. The van der Waals surface area contributed by atoms with Crippen LogP contribution in [0.4, 0.5) is 0 Å². The fourth-order valence-corrected chi connectivity index (χ4v) is 5.23. The minimum atomic E-state index is -4.60. The summed E-state index contributed by atoms with van der Waals surface area (Å²) in [7, 11) is -4.60. The first kappa shape index (κ1) is 41.7. The molecule has 0 aliphatic heterocycles. The summed E-state index contributed by atoms with van der Waals surface area (Å²) in [6.45, 7) is 3.83. The molecule has 10 nitrogen and oxygen atoms in total. The highest BCUT2D eigenvalue weighted by molar-refractivity contribution is 7.47. The van der Waals surface area contributed by atoms with Crippen LogP contribution >= 0.6 is 7.82 Å². The molecule has 0 aliphatic rings. The molecule has 0 fully saturated rings. The van der Waals surface area contributed by atoms with Crippen LogP contribution < -0.4 is 0 Å². The number of aliphatic hydroxyl groups excluding tert-OH is 2. The zero-order valence-corrected chi connectivity index (χ0v) is 27.7. The van der Waals surface area contributed by atoms with Gasteiger partial charge in [-0.3, -0.25) is 18.6 Å². The second kappa shape index (κ2) is 29.4. The van der Waals surface area contributed by atoms with Gasteiger partial charge in [0.25, 0.3) is 0 Å². The van der Waals surface area contributed by atoms with Crippen molar-refractivity contribution in [2.45, 2.75) is 154 Å². The van der Waals surface area contributed by atoms with E-state index in [0.29, 0.717) is 12.8 Å². The molecule has 0 aromatic carbocycles. The van der Waals surface area contributed by atoms with Crippen molar-refractivity contribution in [1.82, 2.24) is 0 Å². The Labute approximate surface area is 260 Å². The number of unbranched alkanes of at least 4 members (excludes halogenated alkanes) is 17. The van der Waals surface area contributed by atoms with Crippen molar-refractivity contribution >= 4 is 19.8 Å². The van der Waals surface area contributed by atoms with Crippen LogP contribution in [0, 0.1) is 0 Å². The maximum atomic E-state index is 12.4. The summed E-state index contributed by atoms with van der Waals surface area (Å²) in [6.07, 6.45) is 20.9. The van der Waals surface area contributed by atoms with Crippen LogP contribution in [0.2, 0.25) is 0 Å². The third-order valence-corrected chi connectivity index (χ3v) is 8.02. The lowest BCUT2D eigenvalue weighted by atomic mass is 10.1. The topological polar surface area (TPSA) is 149 Å². The Balaban J connectivity index is 4.42. The smallest absolute Gasteiger partial charge is 0.462 e. The second-order valence-corrected chi connectivity index (χ2v) is 12.7. The lowest BCUT2D eigenvalue weighted by Crippen LogP contribution is -2.29. The van der Waals surface area contributed by atoms with Crippen molar-refractivity contribution in [3.63, 3.8) is 0 Å². The summed E-state index contributed by atoms with van der Waals surface area (Å²) >= 11 is 0.